The normalized spacial score (nSPS) is 52.0. The maximum absolute atomic E-state index is 11.8. The molecule has 1 N–H and O–H groups in total. The fourth-order valence-electron chi connectivity index (χ4n) is 6.84. The summed E-state index contributed by atoms with van der Waals surface area (Å²) in [5.74, 6) is 6.17. The van der Waals surface area contributed by atoms with Gasteiger partial charge in [-0.1, -0.05) is 25.3 Å². The minimum atomic E-state index is -0.916. The highest BCUT2D eigenvalue weighted by atomic mass is 16.3. The average molecular weight is 312 g/mol. The van der Waals surface area contributed by atoms with E-state index in [2.05, 4.69) is 19.8 Å². The first-order chi connectivity index (χ1) is 10.9. The van der Waals surface area contributed by atoms with E-state index in [1.165, 1.54) is 5.57 Å². The van der Waals surface area contributed by atoms with E-state index in [-0.39, 0.29) is 5.41 Å². The van der Waals surface area contributed by atoms with Crippen molar-refractivity contribution in [3.8, 4) is 12.3 Å². The minimum Gasteiger partial charge on any atom is -0.377 e. The highest BCUT2D eigenvalue weighted by Gasteiger charge is 2.62. The van der Waals surface area contributed by atoms with E-state index in [4.69, 9.17) is 6.42 Å². The molecule has 0 unspecified atom stereocenters. The highest BCUT2D eigenvalue weighted by Crippen LogP contribution is 2.65. The van der Waals surface area contributed by atoms with Crippen molar-refractivity contribution >= 4 is 5.78 Å². The van der Waals surface area contributed by atoms with E-state index in [0.717, 1.165) is 44.9 Å². The van der Waals surface area contributed by atoms with Crippen LogP contribution in [-0.2, 0) is 4.79 Å². The first-order valence-electron chi connectivity index (χ1n) is 9.33. The van der Waals surface area contributed by atoms with Gasteiger partial charge in [0.05, 0.1) is 0 Å². The maximum Gasteiger partial charge on any atom is 0.155 e. The van der Waals surface area contributed by atoms with Crippen molar-refractivity contribution in [2.45, 2.75) is 64.4 Å². The van der Waals surface area contributed by atoms with Crippen LogP contribution >= 0.6 is 0 Å². The van der Waals surface area contributed by atoms with Gasteiger partial charge in [-0.25, -0.2) is 0 Å². The van der Waals surface area contributed by atoms with Gasteiger partial charge < -0.3 is 5.11 Å². The quantitative estimate of drug-likeness (QED) is 0.692. The van der Waals surface area contributed by atoms with Gasteiger partial charge in [-0.05, 0) is 74.2 Å². The second-order valence-electron chi connectivity index (χ2n) is 8.86. The summed E-state index contributed by atoms with van der Waals surface area (Å²) in [4.78, 5) is 11.8. The molecule has 0 aliphatic heterocycles. The van der Waals surface area contributed by atoms with Gasteiger partial charge in [0.1, 0.15) is 5.60 Å². The van der Waals surface area contributed by atoms with Crippen LogP contribution in [0.3, 0.4) is 0 Å². The zero-order valence-electron chi connectivity index (χ0n) is 14.3. The third kappa shape index (κ3) is 1.96. The standard InChI is InChI=1S/C21H28O2/c1-4-21(23)10-8-18-19-13(2)11-14-12-15(22)5-6-16(14)17(19)7-9-20(18,21)3/h1,12-13,16-19,23H,5-11H2,2-3H3/t13-,16+,17-,18-,19-,20-,21+/m1/s1. The molecule has 3 saturated carbocycles. The number of carbonyl (C=O) groups is 1. The monoisotopic (exact) mass is 312 g/mol. The van der Waals surface area contributed by atoms with E-state index in [1.54, 1.807) is 0 Å². The molecule has 0 bridgehead atoms. The molecule has 0 radical (unpaired) electrons. The molecule has 0 spiro atoms. The molecule has 0 aromatic heterocycles. The van der Waals surface area contributed by atoms with E-state index >= 15 is 0 Å². The Morgan fingerprint density at radius 2 is 2.09 bits per heavy atom. The predicted molar refractivity (Wildman–Crippen MR) is 90.4 cm³/mol. The number of fused-ring (bicyclic) bond motifs is 5. The molecule has 4 rings (SSSR count). The maximum atomic E-state index is 11.8. The van der Waals surface area contributed by atoms with Gasteiger partial charge >= 0.3 is 0 Å². The highest BCUT2D eigenvalue weighted by molar-refractivity contribution is 5.91. The molecule has 4 aliphatic carbocycles. The number of allylic oxidation sites excluding steroid dienone is 1. The van der Waals surface area contributed by atoms with E-state index < -0.39 is 5.60 Å². The summed E-state index contributed by atoms with van der Waals surface area (Å²) in [6.45, 7) is 4.59. The SMILES string of the molecule is C#C[C@]1(O)CC[C@@H]2[C@H]3[C@H](CC[C@]21C)[C@H]1CCC(=O)C=C1C[C@H]3C. The smallest absolute Gasteiger partial charge is 0.155 e. The Labute approximate surface area is 139 Å². The van der Waals surface area contributed by atoms with E-state index in [9.17, 15) is 9.90 Å². The summed E-state index contributed by atoms with van der Waals surface area (Å²) < 4.78 is 0. The average Bonchev–Trinajstić information content (AvgIpc) is 2.79. The second-order valence-corrected chi connectivity index (χ2v) is 8.86. The van der Waals surface area contributed by atoms with Crippen molar-refractivity contribution in [3.05, 3.63) is 11.6 Å². The summed E-state index contributed by atoms with van der Waals surface area (Å²) in [5, 5.41) is 11.0. The van der Waals surface area contributed by atoms with Crippen LogP contribution in [0, 0.1) is 47.3 Å². The lowest BCUT2D eigenvalue weighted by Gasteiger charge is -2.56. The number of aliphatic hydroxyl groups is 1. The second kappa shape index (κ2) is 4.96. The van der Waals surface area contributed by atoms with Crippen LogP contribution in [0.4, 0.5) is 0 Å². The van der Waals surface area contributed by atoms with Gasteiger partial charge in [-0.2, -0.15) is 0 Å². The number of hydrogen-bond donors (Lipinski definition) is 1. The summed E-state index contributed by atoms with van der Waals surface area (Å²) in [7, 11) is 0. The molecule has 0 aromatic carbocycles. The molecule has 0 heterocycles. The minimum absolute atomic E-state index is 0.122. The third-order valence-corrected chi connectivity index (χ3v) is 8.03. The summed E-state index contributed by atoms with van der Waals surface area (Å²) >= 11 is 0. The Balaban J connectivity index is 1.70. The first-order valence-corrected chi connectivity index (χ1v) is 9.33. The lowest BCUT2D eigenvalue weighted by Crippen LogP contribution is -2.53. The molecule has 2 nitrogen and oxygen atoms in total. The van der Waals surface area contributed by atoms with Crippen molar-refractivity contribution in [2.75, 3.05) is 0 Å². The summed E-state index contributed by atoms with van der Waals surface area (Å²) in [6.07, 6.45) is 14.5. The van der Waals surface area contributed by atoms with Crippen molar-refractivity contribution in [2.24, 2.45) is 35.0 Å². The Hall–Kier alpha value is -1.07. The van der Waals surface area contributed by atoms with Gasteiger partial charge in [0, 0.05) is 11.8 Å². The lowest BCUT2D eigenvalue weighted by molar-refractivity contribution is -0.117. The molecule has 4 aliphatic rings. The van der Waals surface area contributed by atoms with Crippen LogP contribution in [0.15, 0.2) is 11.6 Å². The fraction of sp³-hybridized carbons (Fsp3) is 0.762. The molecule has 0 saturated heterocycles. The zero-order chi connectivity index (χ0) is 16.4. The topological polar surface area (TPSA) is 37.3 Å². The van der Waals surface area contributed by atoms with Crippen LogP contribution in [0.2, 0.25) is 0 Å². The molecule has 3 fully saturated rings. The summed E-state index contributed by atoms with van der Waals surface area (Å²) in [6, 6.07) is 0. The number of carbonyl (C=O) groups excluding carboxylic acids is 1. The Morgan fingerprint density at radius 1 is 1.30 bits per heavy atom. The van der Waals surface area contributed by atoms with Gasteiger partial charge in [0.2, 0.25) is 0 Å². The number of rotatable bonds is 0. The third-order valence-electron chi connectivity index (χ3n) is 8.03. The van der Waals surface area contributed by atoms with Crippen molar-refractivity contribution in [3.63, 3.8) is 0 Å². The molecule has 0 aromatic rings. The number of terminal acetylenes is 1. The molecule has 7 atom stereocenters. The zero-order valence-corrected chi connectivity index (χ0v) is 14.3. The van der Waals surface area contributed by atoms with Crippen LogP contribution in [-0.4, -0.2) is 16.5 Å². The summed E-state index contributed by atoms with van der Waals surface area (Å²) in [5.41, 5.74) is 0.382. The fourth-order valence-corrected chi connectivity index (χ4v) is 6.84. The van der Waals surface area contributed by atoms with Gasteiger partial charge in [0.25, 0.3) is 0 Å². The van der Waals surface area contributed by atoms with Gasteiger partial charge in [-0.15, -0.1) is 6.42 Å². The van der Waals surface area contributed by atoms with Crippen molar-refractivity contribution < 1.29 is 9.90 Å². The van der Waals surface area contributed by atoms with Crippen LogP contribution in [0.5, 0.6) is 0 Å². The van der Waals surface area contributed by atoms with E-state index in [0.29, 0.717) is 35.4 Å². The van der Waals surface area contributed by atoms with Crippen LogP contribution in [0.1, 0.15) is 58.8 Å². The van der Waals surface area contributed by atoms with Crippen LogP contribution < -0.4 is 0 Å². The predicted octanol–water partition coefficient (Wildman–Crippen LogP) is 3.74. The molecule has 23 heavy (non-hydrogen) atoms. The number of hydrogen-bond acceptors (Lipinski definition) is 2. The molecule has 0 amide bonds. The van der Waals surface area contributed by atoms with Crippen molar-refractivity contribution in [1.82, 2.24) is 0 Å². The number of ketones is 1. The molecule has 2 heteroatoms. The van der Waals surface area contributed by atoms with Gasteiger partial charge in [0.15, 0.2) is 5.78 Å². The Kier molecular flexibility index (Phi) is 3.34. The molecular weight excluding hydrogens is 284 g/mol. The lowest BCUT2D eigenvalue weighted by atomic mass is 9.48. The van der Waals surface area contributed by atoms with Crippen LogP contribution in [0.25, 0.3) is 0 Å². The van der Waals surface area contributed by atoms with Crippen molar-refractivity contribution in [1.29, 1.82) is 0 Å². The molecule has 124 valence electrons. The Bertz CT molecular complexity index is 612. The van der Waals surface area contributed by atoms with E-state index in [1.807, 2.05) is 6.08 Å². The molecular formula is C21H28O2. The Morgan fingerprint density at radius 3 is 2.83 bits per heavy atom. The van der Waals surface area contributed by atoms with Gasteiger partial charge in [-0.3, -0.25) is 4.79 Å². The first kappa shape index (κ1) is 15.5. The largest absolute Gasteiger partial charge is 0.377 e.